The van der Waals surface area contributed by atoms with Gasteiger partial charge in [0.25, 0.3) is 0 Å². The minimum Gasteiger partial charge on any atom is -0.455 e. The highest BCUT2D eigenvalue weighted by Gasteiger charge is 2.24. The lowest BCUT2D eigenvalue weighted by atomic mass is 9.97. The Hall–Kier alpha value is -14.2. The highest BCUT2D eigenvalue weighted by atomic mass is 32.1. The number of furan rings is 1. The van der Waals surface area contributed by atoms with Crippen molar-refractivity contribution in [1.82, 2.24) is 29.1 Å². The van der Waals surface area contributed by atoms with E-state index in [1.165, 1.54) is 118 Å². The summed E-state index contributed by atoms with van der Waals surface area (Å²) in [5.41, 5.74) is 16.5. The van der Waals surface area contributed by atoms with E-state index in [9.17, 15) is 0 Å². The van der Waals surface area contributed by atoms with Gasteiger partial charge < -0.3 is 13.6 Å². The number of nitrogens with zero attached hydrogens (tertiary/aromatic N) is 6. The fourth-order valence-corrected chi connectivity index (χ4v) is 18.5. The van der Waals surface area contributed by atoms with E-state index in [-0.39, 0.29) is 0 Å². The Bertz CT molecular complexity index is 7880. The molecule has 24 rings (SSSR count). The normalized spacial score (nSPS) is 12.1. The van der Waals surface area contributed by atoms with Crippen LogP contribution >= 0.6 is 11.3 Å². The average Bonchev–Trinajstić information content (AvgIpc) is 1.56. The second-order valence-corrected chi connectivity index (χ2v) is 29.4. The van der Waals surface area contributed by atoms with Gasteiger partial charge in [0.15, 0.2) is 11.6 Å². The summed E-state index contributed by atoms with van der Waals surface area (Å²) in [5, 5.41) is 26.3. The first kappa shape index (κ1) is 60.3. The molecule has 0 spiro atoms. The highest BCUT2D eigenvalue weighted by Crippen LogP contribution is 2.46. The summed E-state index contributed by atoms with van der Waals surface area (Å²) in [6.07, 6.45) is 0. The summed E-state index contributed by atoms with van der Waals surface area (Å²) in [5.74, 6) is 1.39. The van der Waals surface area contributed by atoms with Gasteiger partial charge in [-0.25, -0.2) is 19.9 Å². The number of hydrogen-bond acceptors (Lipinski definition) is 6. The quantitative estimate of drug-likeness (QED) is 0.166. The molecular formula is C100H58N6OS. The minimum absolute atomic E-state index is 0.641. The van der Waals surface area contributed by atoms with Crippen molar-refractivity contribution in [2.24, 2.45) is 0 Å². The molecule has 24 aromatic rings. The van der Waals surface area contributed by atoms with Crippen molar-refractivity contribution in [2.45, 2.75) is 0 Å². The first-order valence-electron chi connectivity index (χ1n) is 36.6. The van der Waals surface area contributed by atoms with E-state index in [1.807, 2.05) is 35.6 Å². The summed E-state index contributed by atoms with van der Waals surface area (Å²) >= 11 is 1.81. The molecule has 6 aromatic heterocycles. The number of thiophene rings is 1. The zero-order valence-corrected chi connectivity index (χ0v) is 58.8. The number of benzene rings is 18. The second kappa shape index (κ2) is 23.7. The number of aromatic nitrogens is 6. The Morgan fingerprint density at radius 2 is 0.741 bits per heavy atom. The fourth-order valence-electron chi connectivity index (χ4n) is 17.2. The van der Waals surface area contributed by atoms with Crippen molar-refractivity contribution in [3.8, 4) is 56.7 Å². The molecule has 108 heavy (non-hydrogen) atoms. The van der Waals surface area contributed by atoms with Crippen LogP contribution in [0.5, 0.6) is 0 Å². The summed E-state index contributed by atoms with van der Waals surface area (Å²) in [6.45, 7) is 0. The molecule has 0 N–H and O–H groups in total. The van der Waals surface area contributed by atoms with Crippen molar-refractivity contribution >= 4 is 183 Å². The van der Waals surface area contributed by atoms with Gasteiger partial charge in [-0.1, -0.05) is 255 Å². The molecule has 0 saturated carbocycles. The van der Waals surface area contributed by atoms with Crippen LogP contribution in [0.1, 0.15) is 0 Å². The van der Waals surface area contributed by atoms with Gasteiger partial charge in [0, 0.05) is 96.4 Å². The van der Waals surface area contributed by atoms with Crippen LogP contribution in [0.25, 0.3) is 229 Å². The zero-order valence-electron chi connectivity index (χ0n) is 58.0. The van der Waals surface area contributed by atoms with E-state index in [1.54, 1.807) is 0 Å². The van der Waals surface area contributed by atoms with E-state index in [4.69, 9.17) is 24.4 Å². The first-order valence-corrected chi connectivity index (χ1v) is 37.5. The third kappa shape index (κ3) is 9.34. The molecule has 7 nitrogen and oxygen atoms in total. The summed E-state index contributed by atoms with van der Waals surface area (Å²) in [4.78, 5) is 21.0. The van der Waals surface area contributed by atoms with Gasteiger partial charge in [-0.05, 0) is 151 Å². The molecular weight excluding hydrogens is 1330 g/mol. The molecule has 0 aliphatic rings. The monoisotopic (exact) mass is 1390 g/mol. The minimum atomic E-state index is 0.641. The smallest absolute Gasteiger partial charge is 0.164 e. The molecule has 0 fully saturated rings. The Morgan fingerprint density at radius 3 is 1.44 bits per heavy atom. The van der Waals surface area contributed by atoms with Crippen molar-refractivity contribution < 1.29 is 4.42 Å². The van der Waals surface area contributed by atoms with Gasteiger partial charge in [-0.15, -0.1) is 11.3 Å². The summed E-state index contributed by atoms with van der Waals surface area (Å²) in [7, 11) is 0. The van der Waals surface area contributed by atoms with E-state index in [0.29, 0.717) is 5.82 Å². The maximum absolute atomic E-state index is 6.47. The number of rotatable bonds is 6. The average molecular weight is 1390 g/mol. The fraction of sp³-hybridized carbons (Fsp3) is 0. The van der Waals surface area contributed by atoms with Crippen molar-refractivity contribution in [3.63, 3.8) is 0 Å². The van der Waals surface area contributed by atoms with Crippen LogP contribution in [0.2, 0.25) is 0 Å². The lowest BCUT2D eigenvalue weighted by Gasteiger charge is -2.17. The van der Waals surface area contributed by atoms with Gasteiger partial charge in [-0.2, -0.15) is 0 Å². The topological polar surface area (TPSA) is 74.6 Å². The van der Waals surface area contributed by atoms with Crippen molar-refractivity contribution in [3.05, 3.63) is 352 Å². The van der Waals surface area contributed by atoms with Crippen molar-refractivity contribution in [2.75, 3.05) is 0 Å². The van der Waals surface area contributed by atoms with Gasteiger partial charge in [-0.3, -0.25) is 0 Å². The van der Waals surface area contributed by atoms with Gasteiger partial charge in [0.1, 0.15) is 11.2 Å². The van der Waals surface area contributed by atoms with Crippen LogP contribution in [-0.2, 0) is 0 Å². The Morgan fingerprint density at radius 1 is 0.259 bits per heavy atom. The molecule has 0 radical (unpaired) electrons. The summed E-state index contributed by atoms with van der Waals surface area (Å²) in [6, 6.07) is 126. The predicted molar refractivity (Wildman–Crippen MR) is 455 cm³/mol. The standard InChI is InChI=1S/C50H29N3O.C50H29N3S/c1-2-14-32-29-45-42(28-31(32)13-1)38-25-24-30-12-3-4-15-33(30)48(38)53(45)44-27-26-37(34-16-5-6-17-35(34)44)47-40-19-7-9-22-43(40)51-50(52-47)41-21-11-20-39-36-18-8-10-23-46(36)54-49(39)41;1-3-12-32-28-45-42(26-30(32)10-1)43-27-31-11-2-4-13-33(31)29-46(43)53(45)37-23-22-34-24-36(21-20-35(34)25-37)48-40-15-5-7-18-44(40)51-50(52-48)41-17-9-16-39-38-14-6-8-19-47(38)54-49(39)41/h2*1-29H. The molecule has 0 aliphatic heterocycles. The SMILES string of the molecule is c1ccc2cc3c(cc2c1)c1cc2ccccc2cc1n3-c1ccc2cc(-c3nc(-c4cccc5c4sc4ccccc45)nc4ccccc34)ccc2c1.c1ccc2cc3c(cc2c1)c1ccc2ccccc2c1n3-c1ccc(-c2nc(-c3cccc4c3oc3ccccc34)nc3ccccc23)c2ccccc12. The maximum atomic E-state index is 6.47. The number of hydrogen-bond donors (Lipinski definition) is 0. The predicted octanol–water partition coefficient (Wildman–Crippen LogP) is 27.3. The summed E-state index contributed by atoms with van der Waals surface area (Å²) < 4.78 is 13.9. The molecule has 0 saturated heterocycles. The Balaban J connectivity index is 0.000000130. The van der Waals surface area contributed by atoms with Crippen molar-refractivity contribution in [1.29, 1.82) is 0 Å². The van der Waals surface area contributed by atoms with E-state index in [2.05, 4.69) is 337 Å². The third-order valence-electron chi connectivity index (χ3n) is 22.3. The molecule has 0 amide bonds. The van der Waals surface area contributed by atoms with Crippen LogP contribution in [0.15, 0.2) is 356 Å². The number of fused-ring (bicyclic) bond motifs is 21. The zero-order chi connectivity index (χ0) is 70.7. The Labute approximate surface area is 621 Å². The van der Waals surface area contributed by atoms with E-state index in [0.717, 1.165) is 105 Å². The number of para-hydroxylation sites is 4. The molecule has 18 aromatic carbocycles. The molecule has 0 atom stereocenters. The maximum Gasteiger partial charge on any atom is 0.164 e. The molecule has 0 bridgehead atoms. The largest absolute Gasteiger partial charge is 0.455 e. The molecule has 6 heterocycles. The molecule has 0 aliphatic carbocycles. The Kier molecular flexibility index (Phi) is 13.2. The van der Waals surface area contributed by atoms with Gasteiger partial charge in [0.05, 0.1) is 55.7 Å². The first-order chi connectivity index (χ1) is 53.5. The highest BCUT2D eigenvalue weighted by molar-refractivity contribution is 7.26. The van der Waals surface area contributed by atoms with Crippen LogP contribution in [0.3, 0.4) is 0 Å². The van der Waals surface area contributed by atoms with Crippen LogP contribution in [0.4, 0.5) is 0 Å². The van der Waals surface area contributed by atoms with Crippen LogP contribution < -0.4 is 0 Å². The van der Waals surface area contributed by atoms with Crippen LogP contribution in [0, 0.1) is 0 Å². The van der Waals surface area contributed by atoms with Gasteiger partial charge >= 0.3 is 0 Å². The van der Waals surface area contributed by atoms with Gasteiger partial charge in [0.2, 0.25) is 0 Å². The van der Waals surface area contributed by atoms with E-state index >= 15 is 0 Å². The lowest BCUT2D eigenvalue weighted by Crippen LogP contribution is -1.99. The van der Waals surface area contributed by atoms with E-state index < -0.39 is 0 Å². The molecule has 8 heteroatoms. The molecule has 500 valence electrons. The third-order valence-corrected chi connectivity index (χ3v) is 23.5. The lowest BCUT2D eigenvalue weighted by molar-refractivity contribution is 0.669. The van der Waals surface area contributed by atoms with Crippen LogP contribution in [-0.4, -0.2) is 29.1 Å². The molecule has 0 unspecified atom stereocenters. The second-order valence-electron chi connectivity index (χ2n) is 28.3.